The van der Waals surface area contributed by atoms with Crippen molar-refractivity contribution in [2.75, 3.05) is 40.4 Å². The number of rotatable bonds is 10. The predicted molar refractivity (Wildman–Crippen MR) is 108 cm³/mol. The summed E-state index contributed by atoms with van der Waals surface area (Å²) in [6.07, 6.45) is 5.79. The minimum absolute atomic E-state index is 0.0492. The highest BCUT2D eigenvalue weighted by Crippen LogP contribution is 2.36. The molecular weight excluding hydrogens is 358 g/mol. The molecular formula is C21H36N3O4+. The average Bonchev–Trinajstić information content (AvgIpc) is 2.67. The molecule has 158 valence electrons. The molecule has 1 N–H and O–H groups in total. The molecule has 7 nitrogen and oxygen atoms in total. The van der Waals surface area contributed by atoms with Crippen LogP contribution in [0.25, 0.3) is 0 Å². The van der Waals surface area contributed by atoms with Crippen LogP contribution in [0, 0.1) is 5.92 Å². The molecule has 2 rings (SSSR count). The van der Waals surface area contributed by atoms with E-state index in [-0.39, 0.29) is 29.6 Å². The molecule has 0 bridgehead atoms. The highest BCUT2D eigenvalue weighted by atomic mass is 16.5. The van der Waals surface area contributed by atoms with E-state index in [2.05, 4.69) is 20.8 Å². The molecule has 0 radical (unpaired) electrons. The lowest BCUT2D eigenvalue weighted by atomic mass is 10.0. The van der Waals surface area contributed by atoms with E-state index in [0.717, 1.165) is 30.8 Å². The number of hydrogen-bond acceptors (Lipinski definition) is 5. The van der Waals surface area contributed by atoms with E-state index in [1.807, 2.05) is 11.0 Å². The van der Waals surface area contributed by atoms with Crippen molar-refractivity contribution in [3.63, 3.8) is 0 Å². The first-order valence-corrected chi connectivity index (χ1v) is 10.4. The summed E-state index contributed by atoms with van der Waals surface area (Å²) < 4.78 is 5.68. The van der Waals surface area contributed by atoms with Gasteiger partial charge in [-0.15, -0.1) is 0 Å². The molecule has 0 saturated heterocycles. The van der Waals surface area contributed by atoms with Crippen molar-refractivity contribution in [1.82, 2.24) is 9.80 Å². The van der Waals surface area contributed by atoms with Gasteiger partial charge in [-0.3, -0.25) is 4.90 Å². The molecule has 0 aromatic rings. The van der Waals surface area contributed by atoms with Crippen molar-refractivity contribution < 1.29 is 23.9 Å². The van der Waals surface area contributed by atoms with Gasteiger partial charge in [0.25, 0.3) is 0 Å². The molecule has 0 aromatic carbocycles. The molecule has 1 atom stereocenters. The van der Waals surface area contributed by atoms with E-state index in [9.17, 15) is 14.7 Å². The SMILES string of the molecule is CCCCOC1=CCC2=C(C(=O)[N+](C)(CCCO)C(=O)N2C)N1CCC(C)C. The predicted octanol–water partition coefficient (Wildman–Crippen LogP) is 3.03. The number of unbranched alkanes of at least 4 members (excludes halogenated alkanes) is 1. The largest absolute Gasteiger partial charge is 0.479 e. The van der Waals surface area contributed by atoms with Gasteiger partial charge in [-0.2, -0.15) is 4.48 Å². The molecule has 2 heterocycles. The van der Waals surface area contributed by atoms with Crippen LogP contribution in [0.2, 0.25) is 0 Å². The Balaban J connectivity index is 2.40. The van der Waals surface area contributed by atoms with E-state index in [4.69, 9.17) is 4.74 Å². The number of allylic oxidation sites excluding steroid dienone is 1. The second kappa shape index (κ2) is 9.56. The first-order chi connectivity index (χ1) is 13.3. The smallest absolute Gasteiger partial charge is 0.430 e. The Bertz CT molecular complexity index is 656. The molecule has 3 amide bonds. The van der Waals surface area contributed by atoms with Crippen molar-refractivity contribution in [3.05, 3.63) is 23.4 Å². The van der Waals surface area contributed by atoms with Crippen LogP contribution in [-0.4, -0.2) is 71.7 Å². The highest BCUT2D eigenvalue weighted by Gasteiger charge is 2.53. The van der Waals surface area contributed by atoms with Crippen LogP contribution < -0.4 is 0 Å². The number of aliphatic hydroxyl groups excluding tert-OH is 1. The minimum Gasteiger partial charge on any atom is -0.479 e. The first-order valence-electron chi connectivity index (χ1n) is 10.4. The average molecular weight is 395 g/mol. The third-order valence-electron chi connectivity index (χ3n) is 5.49. The number of imide groups is 1. The quantitative estimate of drug-likeness (QED) is 0.456. The molecule has 1 unspecified atom stereocenters. The Morgan fingerprint density at radius 2 is 2.00 bits per heavy atom. The zero-order chi connectivity index (χ0) is 20.9. The van der Waals surface area contributed by atoms with E-state index in [1.165, 1.54) is 0 Å². The minimum atomic E-state index is -0.351. The number of amides is 3. The summed E-state index contributed by atoms with van der Waals surface area (Å²) in [6, 6.07) is -0.246. The third-order valence-corrected chi connectivity index (χ3v) is 5.49. The molecule has 28 heavy (non-hydrogen) atoms. The van der Waals surface area contributed by atoms with Gasteiger partial charge in [0.2, 0.25) is 0 Å². The van der Waals surface area contributed by atoms with Gasteiger partial charge < -0.3 is 14.7 Å². The molecule has 0 saturated carbocycles. The monoisotopic (exact) mass is 394 g/mol. The fourth-order valence-electron chi connectivity index (χ4n) is 3.61. The number of ether oxygens (including phenoxy) is 1. The van der Waals surface area contributed by atoms with Gasteiger partial charge in [0.15, 0.2) is 11.6 Å². The summed E-state index contributed by atoms with van der Waals surface area (Å²) >= 11 is 0. The normalized spacial score (nSPS) is 22.8. The number of carbonyl (C=O) groups is 2. The van der Waals surface area contributed by atoms with Crippen LogP contribution in [0.15, 0.2) is 23.4 Å². The molecule has 0 spiro atoms. The summed E-state index contributed by atoms with van der Waals surface area (Å²) in [6.45, 7) is 7.94. The number of carbonyl (C=O) groups excluding carboxylic acids is 2. The number of hydrogen-bond donors (Lipinski definition) is 1. The lowest BCUT2D eigenvalue weighted by Gasteiger charge is -2.43. The van der Waals surface area contributed by atoms with Gasteiger partial charge >= 0.3 is 11.9 Å². The van der Waals surface area contributed by atoms with Crippen LogP contribution in [0.1, 0.15) is 52.9 Å². The Labute approximate surface area is 168 Å². The van der Waals surface area contributed by atoms with Gasteiger partial charge in [-0.1, -0.05) is 27.2 Å². The summed E-state index contributed by atoms with van der Waals surface area (Å²) in [5, 5.41) is 9.24. The number of nitrogens with zero attached hydrogens (tertiary/aromatic N) is 3. The number of urea groups is 1. The van der Waals surface area contributed by atoms with Crippen LogP contribution in [-0.2, 0) is 9.53 Å². The fourth-order valence-corrected chi connectivity index (χ4v) is 3.61. The van der Waals surface area contributed by atoms with Crippen molar-refractivity contribution >= 4 is 11.9 Å². The maximum absolute atomic E-state index is 13.5. The first kappa shape index (κ1) is 22.4. The van der Waals surface area contributed by atoms with Gasteiger partial charge in [0, 0.05) is 33.0 Å². The lowest BCUT2D eigenvalue weighted by Crippen LogP contribution is -2.64. The van der Waals surface area contributed by atoms with Crippen molar-refractivity contribution in [1.29, 1.82) is 0 Å². The van der Waals surface area contributed by atoms with Crippen LogP contribution in [0.5, 0.6) is 0 Å². The number of aliphatic hydroxyl groups is 1. The molecule has 0 fully saturated rings. The van der Waals surface area contributed by atoms with E-state index < -0.39 is 0 Å². The van der Waals surface area contributed by atoms with Gasteiger partial charge in [0.05, 0.1) is 25.9 Å². The Kier molecular flexibility index (Phi) is 7.66. The van der Waals surface area contributed by atoms with E-state index in [0.29, 0.717) is 37.6 Å². The Morgan fingerprint density at radius 3 is 2.61 bits per heavy atom. The lowest BCUT2D eigenvalue weighted by molar-refractivity contribution is -0.755. The summed E-state index contributed by atoms with van der Waals surface area (Å²) in [5.41, 5.74) is 1.30. The van der Waals surface area contributed by atoms with Crippen molar-refractivity contribution in [3.8, 4) is 0 Å². The zero-order valence-corrected chi connectivity index (χ0v) is 18.0. The molecule has 7 heteroatoms. The number of quaternary nitrogens is 1. The summed E-state index contributed by atoms with van der Waals surface area (Å²) in [7, 11) is 3.38. The van der Waals surface area contributed by atoms with Crippen LogP contribution >= 0.6 is 0 Å². The van der Waals surface area contributed by atoms with Crippen LogP contribution in [0.3, 0.4) is 0 Å². The Hall–Kier alpha value is -1.86. The second-order valence-electron chi connectivity index (χ2n) is 8.22. The zero-order valence-electron chi connectivity index (χ0n) is 18.0. The van der Waals surface area contributed by atoms with Crippen molar-refractivity contribution in [2.45, 2.75) is 52.9 Å². The third kappa shape index (κ3) is 4.41. The van der Waals surface area contributed by atoms with Gasteiger partial charge in [-0.05, 0) is 24.8 Å². The van der Waals surface area contributed by atoms with Gasteiger partial charge in [0.1, 0.15) is 0 Å². The maximum atomic E-state index is 13.5. The Morgan fingerprint density at radius 1 is 1.29 bits per heavy atom. The molecule has 2 aliphatic rings. The van der Waals surface area contributed by atoms with E-state index in [1.54, 1.807) is 19.0 Å². The summed E-state index contributed by atoms with van der Waals surface area (Å²) in [5.74, 6) is 0.994. The number of likely N-dealkylation sites (N-methyl/N-ethyl adjacent to an activating group) is 1. The van der Waals surface area contributed by atoms with E-state index >= 15 is 0 Å². The molecule has 0 aliphatic carbocycles. The topological polar surface area (TPSA) is 70.1 Å². The van der Waals surface area contributed by atoms with Crippen molar-refractivity contribution in [2.24, 2.45) is 5.92 Å². The maximum Gasteiger partial charge on any atom is 0.430 e. The second-order valence-corrected chi connectivity index (χ2v) is 8.22. The molecule has 0 aromatic heterocycles. The van der Waals surface area contributed by atoms with Crippen LogP contribution in [0.4, 0.5) is 4.79 Å². The van der Waals surface area contributed by atoms with Gasteiger partial charge in [-0.25, -0.2) is 9.59 Å². The fraction of sp³-hybridized carbons (Fsp3) is 0.714. The standard InChI is InChI=1S/C21H36N3O4/c1-6-7-15-28-18-10-9-17-19(23(18)12-11-16(2)3)20(26)24(5,13-8-14-25)21(27)22(17)4/h10,16,25H,6-9,11-15H2,1-5H3/q+1. The molecule has 2 aliphatic heterocycles. The summed E-state index contributed by atoms with van der Waals surface area (Å²) in [4.78, 5) is 30.1. The highest BCUT2D eigenvalue weighted by molar-refractivity contribution is 5.99.